The van der Waals surface area contributed by atoms with Gasteiger partial charge in [0, 0.05) is 6.42 Å². The quantitative estimate of drug-likeness (QED) is 0.349. The van der Waals surface area contributed by atoms with Gasteiger partial charge in [-0.25, -0.2) is 5.11 Å². The second kappa shape index (κ2) is 3.79. The molecule has 0 heterocycles. The zero-order valence-electron chi connectivity index (χ0n) is 5.08. The maximum absolute atomic E-state index is 9.77. The summed E-state index contributed by atoms with van der Waals surface area (Å²) in [6, 6.07) is 0. The van der Waals surface area contributed by atoms with E-state index in [0.29, 0.717) is 12.8 Å². The molecule has 0 rings (SSSR count). The van der Waals surface area contributed by atoms with E-state index in [4.69, 9.17) is 15.3 Å². The Kier molecular flexibility index (Phi) is 3.72. The molecule has 0 aliphatic carbocycles. The molecular formula is C5H11O4. The van der Waals surface area contributed by atoms with Crippen LogP contribution in [0.5, 0.6) is 0 Å². The van der Waals surface area contributed by atoms with Crippen molar-refractivity contribution in [2.24, 2.45) is 0 Å². The Morgan fingerprint density at radius 1 is 1.11 bits per heavy atom. The molecule has 0 amide bonds. The number of aliphatic hydroxyl groups is 3. The van der Waals surface area contributed by atoms with Crippen molar-refractivity contribution in [3.8, 4) is 0 Å². The van der Waals surface area contributed by atoms with Crippen LogP contribution in [-0.4, -0.2) is 27.9 Å². The molecule has 0 aromatic heterocycles. The summed E-state index contributed by atoms with van der Waals surface area (Å²) < 4.78 is 0. The van der Waals surface area contributed by atoms with E-state index in [-0.39, 0.29) is 13.0 Å². The van der Waals surface area contributed by atoms with Crippen molar-refractivity contribution in [3.63, 3.8) is 0 Å². The first-order valence-corrected chi connectivity index (χ1v) is 2.81. The Hall–Kier alpha value is -0.160. The van der Waals surface area contributed by atoms with E-state index >= 15 is 0 Å². The van der Waals surface area contributed by atoms with E-state index in [1.54, 1.807) is 0 Å². The monoisotopic (exact) mass is 135 g/mol. The Labute approximate surface area is 53.4 Å². The van der Waals surface area contributed by atoms with Crippen LogP contribution >= 0.6 is 0 Å². The topological polar surface area (TPSA) is 80.6 Å². The second-order valence-electron chi connectivity index (χ2n) is 1.94. The van der Waals surface area contributed by atoms with E-state index in [2.05, 4.69) is 0 Å². The van der Waals surface area contributed by atoms with Crippen molar-refractivity contribution in [3.05, 3.63) is 0 Å². The number of hydrogen-bond donors (Lipinski definition) is 3. The van der Waals surface area contributed by atoms with Crippen molar-refractivity contribution in [1.82, 2.24) is 0 Å². The third kappa shape index (κ3) is 7.84. The van der Waals surface area contributed by atoms with E-state index in [1.165, 1.54) is 0 Å². The van der Waals surface area contributed by atoms with Crippen LogP contribution in [0.4, 0.5) is 0 Å². The maximum atomic E-state index is 9.77. The fourth-order valence-electron chi connectivity index (χ4n) is 0.464. The van der Waals surface area contributed by atoms with Crippen molar-refractivity contribution in [2.75, 3.05) is 6.61 Å². The van der Waals surface area contributed by atoms with Crippen LogP contribution in [-0.2, 0) is 5.11 Å². The van der Waals surface area contributed by atoms with Gasteiger partial charge in [0.2, 0.25) is 0 Å². The average molecular weight is 135 g/mol. The molecule has 0 atom stereocenters. The Bertz CT molecular complexity index is 65.8. The van der Waals surface area contributed by atoms with Crippen molar-refractivity contribution in [1.29, 1.82) is 0 Å². The molecular weight excluding hydrogens is 124 g/mol. The Morgan fingerprint density at radius 3 is 2.00 bits per heavy atom. The Morgan fingerprint density at radius 2 is 1.67 bits per heavy atom. The zero-order valence-corrected chi connectivity index (χ0v) is 5.08. The predicted octanol–water partition coefficient (Wildman–Crippen LogP) is -0.782. The van der Waals surface area contributed by atoms with E-state index in [9.17, 15) is 5.11 Å². The van der Waals surface area contributed by atoms with Gasteiger partial charge in [0.1, 0.15) is 0 Å². The molecule has 0 fully saturated rings. The fourth-order valence-corrected chi connectivity index (χ4v) is 0.464. The summed E-state index contributed by atoms with van der Waals surface area (Å²) in [6.45, 7) is -0.240. The lowest BCUT2D eigenvalue weighted by atomic mass is 10.2. The third-order valence-electron chi connectivity index (χ3n) is 0.907. The van der Waals surface area contributed by atoms with Crippen molar-refractivity contribution < 1.29 is 20.4 Å². The van der Waals surface area contributed by atoms with Gasteiger partial charge in [-0.05, 0) is 12.8 Å². The first kappa shape index (κ1) is 8.84. The highest BCUT2D eigenvalue weighted by Crippen LogP contribution is 2.05. The first-order valence-electron chi connectivity index (χ1n) is 2.81. The largest absolute Gasteiger partial charge is 0.344 e. The van der Waals surface area contributed by atoms with Gasteiger partial charge in [-0.15, -0.1) is 0 Å². The molecule has 0 aromatic carbocycles. The molecule has 1 radical (unpaired) electrons. The second-order valence-corrected chi connectivity index (χ2v) is 1.94. The summed E-state index contributed by atoms with van der Waals surface area (Å²) in [6.07, 6.45) is 0.547. The minimum atomic E-state index is -2.59. The minimum absolute atomic E-state index is 0.157. The molecule has 0 aliphatic rings. The molecule has 0 bridgehead atoms. The number of hydrogen-bond acceptors (Lipinski definition) is 3. The van der Waals surface area contributed by atoms with Gasteiger partial charge in [0.05, 0.1) is 6.61 Å². The SMILES string of the molecule is [O]CCCCC(O)(O)O. The standard InChI is InChI=1S/C5H11O4/c6-4-2-1-3-5(7,8)9/h7-9H,1-4H2. The number of unbranched alkanes of at least 4 members (excludes halogenated alkanes) is 1. The lowest BCUT2D eigenvalue weighted by Gasteiger charge is -2.11. The summed E-state index contributed by atoms with van der Waals surface area (Å²) in [5.74, 6) is -2.59. The normalized spacial score (nSPS) is 12.0. The molecule has 9 heavy (non-hydrogen) atoms. The van der Waals surface area contributed by atoms with E-state index < -0.39 is 5.97 Å². The van der Waals surface area contributed by atoms with Gasteiger partial charge >= 0.3 is 0 Å². The van der Waals surface area contributed by atoms with Crippen LogP contribution in [0.3, 0.4) is 0 Å². The van der Waals surface area contributed by atoms with Gasteiger partial charge in [-0.3, -0.25) is 0 Å². The van der Waals surface area contributed by atoms with Gasteiger partial charge in [0.15, 0.2) is 0 Å². The van der Waals surface area contributed by atoms with Crippen LogP contribution in [0.1, 0.15) is 19.3 Å². The Balaban J connectivity index is 3.07. The van der Waals surface area contributed by atoms with Gasteiger partial charge < -0.3 is 15.3 Å². The summed E-state index contributed by atoms with van der Waals surface area (Å²) in [5.41, 5.74) is 0. The van der Waals surface area contributed by atoms with Gasteiger partial charge in [-0.1, -0.05) is 0 Å². The van der Waals surface area contributed by atoms with Crippen LogP contribution in [0.2, 0.25) is 0 Å². The number of rotatable bonds is 4. The molecule has 0 saturated heterocycles. The molecule has 3 N–H and O–H groups in total. The summed E-state index contributed by atoms with van der Waals surface area (Å²) >= 11 is 0. The van der Waals surface area contributed by atoms with Crippen molar-refractivity contribution >= 4 is 0 Å². The summed E-state index contributed by atoms with van der Waals surface area (Å²) in [5, 5.41) is 34.5. The molecule has 0 saturated carbocycles. The molecule has 0 spiro atoms. The zero-order chi connectivity index (χ0) is 7.33. The third-order valence-corrected chi connectivity index (χ3v) is 0.907. The van der Waals surface area contributed by atoms with Crippen LogP contribution in [0.15, 0.2) is 0 Å². The van der Waals surface area contributed by atoms with Crippen LogP contribution in [0.25, 0.3) is 0 Å². The first-order chi connectivity index (χ1) is 4.06. The molecule has 0 aliphatic heterocycles. The minimum Gasteiger partial charge on any atom is -0.344 e. The molecule has 55 valence electrons. The summed E-state index contributed by atoms with van der Waals surface area (Å²) in [7, 11) is 0. The van der Waals surface area contributed by atoms with Gasteiger partial charge in [-0.2, -0.15) is 0 Å². The molecule has 4 nitrogen and oxygen atoms in total. The maximum Gasteiger partial charge on any atom is 0.275 e. The fraction of sp³-hybridized carbons (Fsp3) is 1.00. The average Bonchev–Trinajstić information content (AvgIpc) is 1.63. The molecule has 0 aromatic rings. The van der Waals surface area contributed by atoms with Crippen LogP contribution in [0, 0.1) is 0 Å². The van der Waals surface area contributed by atoms with Crippen LogP contribution < -0.4 is 0 Å². The lowest BCUT2D eigenvalue weighted by Crippen LogP contribution is -2.26. The molecule has 0 unspecified atom stereocenters. The lowest BCUT2D eigenvalue weighted by molar-refractivity contribution is -0.315. The smallest absolute Gasteiger partial charge is 0.275 e. The summed E-state index contributed by atoms with van der Waals surface area (Å²) in [4.78, 5) is 0. The van der Waals surface area contributed by atoms with E-state index in [1.807, 2.05) is 0 Å². The highest BCUT2D eigenvalue weighted by Gasteiger charge is 2.16. The van der Waals surface area contributed by atoms with Gasteiger partial charge in [0.25, 0.3) is 5.97 Å². The highest BCUT2D eigenvalue weighted by atomic mass is 16.7. The van der Waals surface area contributed by atoms with Crippen molar-refractivity contribution in [2.45, 2.75) is 25.2 Å². The van der Waals surface area contributed by atoms with E-state index in [0.717, 1.165) is 0 Å². The predicted molar refractivity (Wildman–Crippen MR) is 28.8 cm³/mol. The molecule has 4 heteroatoms. The highest BCUT2D eigenvalue weighted by molar-refractivity contribution is 4.47.